The molecule has 0 saturated heterocycles. The van der Waals surface area contributed by atoms with Crippen LogP contribution in [0.2, 0.25) is 0 Å². The molecular weight excluding hydrogens is 332 g/mol. The van der Waals surface area contributed by atoms with Gasteiger partial charge < -0.3 is 15.4 Å². The lowest BCUT2D eigenvalue weighted by molar-refractivity contribution is 0.0944. The molecular formula is C19H26N4O3. The molecule has 0 spiro atoms. The summed E-state index contributed by atoms with van der Waals surface area (Å²) in [6, 6.07) is 6.85. The van der Waals surface area contributed by atoms with Gasteiger partial charge >= 0.3 is 0 Å². The Bertz CT molecular complexity index is 751. The number of hydrogen-bond acceptors (Lipinski definition) is 4. The molecule has 0 unspecified atom stereocenters. The molecule has 0 aliphatic carbocycles. The minimum atomic E-state index is -0.304. The predicted molar refractivity (Wildman–Crippen MR) is 101 cm³/mol. The predicted octanol–water partition coefficient (Wildman–Crippen LogP) is 2.94. The van der Waals surface area contributed by atoms with Crippen molar-refractivity contribution in [2.24, 2.45) is 5.92 Å². The fraction of sp³-hybridized carbons (Fsp3) is 0.421. The van der Waals surface area contributed by atoms with Crippen molar-refractivity contribution < 1.29 is 14.3 Å². The molecule has 2 aromatic rings. The van der Waals surface area contributed by atoms with Crippen LogP contribution in [0, 0.1) is 5.92 Å². The first-order valence-electron chi connectivity index (χ1n) is 8.84. The van der Waals surface area contributed by atoms with E-state index in [1.54, 1.807) is 35.1 Å². The lowest BCUT2D eigenvalue weighted by atomic mass is 10.2. The van der Waals surface area contributed by atoms with Crippen LogP contribution in [-0.2, 0) is 6.54 Å². The molecule has 26 heavy (non-hydrogen) atoms. The smallest absolute Gasteiger partial charge is 0.273 e. The van der Waals surface area contributed by atoms with Crippen molar-refractivity contribution in [2.45, 2.75) is 34.2 Å². The van der Waals surface area contributed by atoms with Gasteiger partial charge in [-0.1, -0.05) is 13.8 Å². The summed E-state index contributed by atoms with van der Waals surface area (Å²) in [5, 5.41) is 9.87. The van der Waals surface area contributed by atoms with Gasteiger partial charge in [0.2, 0.25) is 0 Å². The third-order valence-corrected chi connectivity index (χ3v) is 3.65. The third-order valence-electron chi connectivity index (χ3n) is 3.65. The number of nitrogens with one attached hydrogen (secondary N) is 2. The van der Waals surface area contributed by atoms with Crippen LogP contribution in [0.1, 0.15) is 48.5 Å². The molecule has 0 aliphatic heterocycles. The Morgan fingerprint density at radius 1 is 1.15 bits per heavy atom. The van der Waals surface area contributed by atoms with E-state index in [4.69, 9.17) is 4.74 Å². The van der Waals surface area contributed by atoms with E-state index in [-0.39, 0.29) is 17.5 Å². The average molecular weight is 358 g/mol. The Hall–Kier alpha value is -2.83. The number of carbonyl (C=O) groups is 2. The molecule has 140 valence electrons. The summed E-state index contributed by atoms with van der Waals surface area (Å²) in [6.45, 7) is 9.56. The minimum Gasteiger partial charge on any atom is -0.494 e. The zero-order valence-electron chi connectivity index (χ0n) is 15.7. The van der Waals surface area contributed by atoms with Gasteiger partial charge in [0.1, 0.15) is 5.75 Å². The monoisotopic (exact) mass is 358 g/mol. The van der Waals surface area contributed by atoms with Crippen molar-refractivity contribution in [1.29, 1.82) is 0 Å². The van der Waals surface area contributed by atoms with Gasteiger partial charge in [0, 0.05) is 24.8 Å². The topological polar surface area (TPSA) is 85.2 Å². The molecule has 0 fully saturated rings. The number of ether oxygens (including phenoxy) is 1. The molecule has 0 radical (unpaired) electrons. The van der Waals surface area contributed by atoms with Crippen molar-refractivity contribution in [3.63, 3.8) is 0 Å². The number of hydrogen-bond donors (Lipinski definition) is 2. The van der Waals surface area contributed by atoms with Gasteiger partial charge in [-0.3, -0.25) is 14.3 Å². The Labute approximate surface area is 153 Å². The van der Waals surface area contributed by atoms with Crippen LogP contribution in [0.15, 0.2) is 30.5 Å². The first-order chi connectivity index (χ1) is 12.4. The number of aromatic nitrogens is 2. The molecule has 7 heteroatoms. The molecule has 0 bridgehead atoms. The Kier molecular flexibility index (Phi) is 6.77. The summed E-state index contributed by atoms with van der Waals surface area (Å²) in [4.78, 5) is 24.9. The Morgan fingerprint density at radius 2 is 1.85 bits per heavy atom. The van der Waals surface area contributed by atoms with Crippen LogP contribution in [0.3, 0.4) is 0 Å². The zero-order chi connectivity index (χ0) is 19.1. The van der Waals surface area contributed by atoms with Crippen LogP contribution < -0.4 is 15.4 Å². The molecule has 2 N–H and O–H groups in total. The van der Waals surface area contributed by atoms with E-state index in [1.165, 1.54) is 0 Å². The van der Waals surface area contributed by atoms with Crippen molar-refractivity contribution in [2.75, 3.05) is 18.5 Å². The number of amides is 2. The van der Waals surface area contributed by atoms with Gasteiger partial charge in [0.05, 0.1) is 12.3 Å². The van der Waals surface area contributed by atoms with Crippen LogP contribution in [0.5, 0.6) is 5.75 Å². The largest absolute Gasteiger partial charge is 0.494 e. The van der Waals surface area contributed by atoms with Crippen molar-refractivity contribution in [3.8, 4) is 5.75 Å². The number of anilines is 1. The van der Waals surface area contributed by atoms with Crippen LogP contribution in [0.4, 0.5) is 5.69 Å². The summed E-state index contributed by atoms with van der Waals surface area (Å²) < 4.78 is 7.00. The average Bonchev–Trinajstić information content (AvgIpc) is 3.03. The van der Waals surface area contributed by atoms with E-state index >= 15 is 0 Å². The molecule has 0 aliphatic rings. The molecule has 1 aromatic heterocycles. The van der Waals surface area contributed by atoms with E-state index in [0.29, 0.717) is 42.6 Å². The Balaban J connectivity index is 2.15. The van der Waals surface area contributed by atoms with E-state index < -0.39 is 0 Å². The molecule has 0 atom stereocenters. The fourth-order valence-corrected chi connectivity index (χ4v) is 2.29. The minimum absolute atomic E-state index is 0.215. The summed E-state index contributed by atoms with van der Waals surface area (Å²) >= 11 is 0. The standard InChI is InChI=1S/C19H26N4O3/c1-5-23-12-16(17(22-23)19(25)20-11-13(3)4)21-18(24)14-7-9-15(10-8-14)26-6-2/h7-10,12-13H,5-6,11H2,1-4H3,(H,20,25)(H,21,24). The zero-order valence-corrected chi connectivity index (χ0v) is 15.7. The summed E-state index contributed by atoms with van der Waals surface area (Å²) in [7, 11) is 0. The molecule has 7 nitrogen and oxygen atoms in total. The van der Waals surface area contributed by atoms with Crippen LogP contribution >= 0.6 is 0 Å². The highest BCUT2D eigenvalue weighted by Gasteiger charge is 2.19. The van der Waals surface area contributed by atoms with Gasteiger partial charge in [-0.2, -0.15) is 5.10 Å². The second-order valence-corrected chi connectivity index (χ2v) is 6.26. The first-order valence-corrected chi connectivity index (χ1v) is 8.84. The maximum absolute atomic E-state index is 12.5. The number of rotatable bonds is 8. The van der Waals surface area contributed by atoms with E-state index in [0.717, 1.165) is 0 Å². The highest BCUT2D eigenvalue weighted by Crippen LogP contribution is 2.17. The van der Waals surface area contributed by atoms with Gasteiger partial charge in [0.15, 0.2) is 5.69 Å². The molecule has 2 rings (SSSR count). The van der Waals surface area contributed by atoms with E-state index in [9.17, 15) is 9.59 Å². The lowest BCUT2D eigenvalue weighted by Crippen LogP contribution is -2.28. The SMILES string of the molecule is CCOc1ccc(C(=O)Nc2cn(CC)nc2C(=O)NCC(C)C)cc1. The summed E-state index contributed by atoms with van der Waals surface area (Å²) in [6.07, 6.45) is 1.66. The highest BCUT2D eigenvalue weighted by atomic mass is 16.5. The fourth-order valence-electron chi connectivity index (χ4n) is 2.29. The first kappa shape index (κ1) is 19.5. The summed E-state index contributed by atoms with van der Waals surface area (Å²) in [5.74, 6) is 0.431. The molecule has 1 aromatic carbocycles. The second kappa shape index (κ2) is 9.03. The quantitative estimate of drug-likeness (QED) is 0.760. The second-order valence-electron chi connectivity index (χ2n) is 6.26. The van der Waals surface area contributed by atoms with Crippen molar-refractivity contribution in [3.05, 3.63) is 41.7 Å². The van der Waals surface area contributed by atoms with Crippen LogP contribution in [-0.4, -0.2) is 34.7 Å². The normalized spacial score (nSPS) is 10.7. The Morgan fingerprint density at radius 3 is 2.42 bits per heavy atom. The summed E-state index contributed by atoms with van der Waals surface area (Å²) in [5.41, 5.74) is 1.09. The van der Waals surface area contributed by atoms with Crippen LogP contribution in [0.25, 0.3) is 0 Å². The molecule has 1 heterocycles. The number of nitrogens with zero attached hydrogens (tertiary/aromatic N) is 2. The maximum Gasteiger partial charge on any atom is 0.273 e. The van der Waals surface area contributed by atoms with Gasteiger partial charge in [-0.05, 0) is 44.0 Å². The third kappa shape index (κ3) is 5.08. The van der Waals surface area contributed by atoms with Crippen molar-refractivity contribution >= 4 is 17.5 Å². The lowest BCUT2D eigenvalue weighted by Gasteiger charge is -2.08. The van der Waals surface area contributed by atoms with Gasteiger partial charge in [-0.15, -0.1) is 0 Å². The van der Waals surface area contributed by atoms with E-state index in [2.05, 4.69) is 15.7 Å². The van der Waals surface area contributed by atoms with Crippen molar-refractivity contribution in [1.82, 2.24) is 15.1 Å². The van der Waals surface area contributed by atoms with Gasteiger partial charge in [0.25, 0.3) is 11.8 Å². The maximum atomic E-state index is 12.5. The number of benzene rings is 1. The highest BCUT2D eigenvalue weighted by molar-refractivity contribution is 6.08. The van der Waals surface area contributed by atoms with Gasteiger partial charge in [-0.25, -0.2) is 0 Å². The molecule has 0 saturated carbocycles. The number of carbonyl (C=O) groups excluding carboxylic acids is 2. The molecule has 2 amide bonds. The number of aryl methyl sites for hydroxylation is 1. The van der Waals surface area contributed by atoms with E-state index in [1.807, 2.05) is 27.7 Å².